The lowest BCUT2D eigenvalue weighted by molar-refractivity contribution is 0.0946. The van der Waals surface area contributed by atoms with Gasteiger partial charge in [0.2, 0.25) is 0 Å². The maximum atomic E-state index is 12.5. The van der Waals surface area contributed by atoms with Gasteiger partial charge in [0.15, 0.2) is 0 Å². The van der Waals surface area contributed by atoms with E-state index >= 15 is 0 Å². The molecule has 1 N–H and O–H groups in total. The van der Waals surface area contributed by atoms with Crippen LogP contribution in [0.4, 0.5) is 0 Å². The van der Waals surface area contributed by atoms with E-state index in [2.05, 4.69) is 21.2 Å². The molecular formula is C20H24BrNO3. The molecule has 0 unspecified atom stereocenters. The minimum atomic E-state index is -0.157. The molecule has 2 aromatic carbocycles. The number of hydrogen-bond acceptors (Lipinski definition) is 3. The normalized spacial score (nSPS) is 10.6. The van der Waals surface area contributed by atoms with Crippen molar-refractivity contribution in [3.63, 3.8) is 0 Å². The fourth-order valence-electron chi connectivity index (χ4n) is 2.25. The van der Waals surface area contributed by atoms with Gasteiger partial charge in [0, 0.05) is 11.0 Å². The first-order valence-electron chi connectivity index (χ1n) is 8.45. The van der Waals surface area contributed by atoms with Gasteiger partial charge in [0.05, 0.1) is 18.3 Å². The summed E-state index contributed by atoms with van der Waals surface area (Å²) in [7, 11) is 0. The maximum absolute atomic E-state index is 12.5. The average Bonchev–Trinajstić information content (AvgIpc) is 2.59. The monoisotopic (exact) mass is 405 g/mol. The summed E-state index contributed by atoms with van der Waals surface area (Å²) in [6.07, 6.45) is 1.03. The SMILES string of the molecule is CCCOc1ccc(Br)cc1C(=O)NCc1ccc(OC(C)C)cc1. The molecule has 4 nitrogen and oxygen atoms in total. The van der Waals surface area contributed by atoms with Crippen LogP contribution in [-0.4, -0.2) is 18.6 Å². The fourth-order valence-corrected chi connectivity index (χ4v) is 2.61. The van der Waals surface area contributed by atoms with Gasteiger partial charge in [0.1, 0.15) is 11.5 Å². The fraction of sp³-hybridized carbons (Fsp3) is 0.350. The van der Waals surface area contributed by atoms with Crippen molar-refractivity contribution in [2.45, 2.75) is 39.8 Å². The minimum Gasteiger partial charge on any atom is -0.493 e. The number of rotatable bonds is 8. The van der Waals surface area contributed by atoms with Gasteiger partial charge < -0.3 is 14.8 Å². The van der Waals surface area contributed by atoms with Crippen molar-refractivity contribution in [2.75, 3.05) is 6.61 Å². The highest BCUT2D eigenvalue weighted by Crippen LogP contribution is 2.23. The van der Waals surface area contributed by atoms with Crippen molar-refractivity contribution in [3.8, 4) is 11.5 Å². The van der Waals surface area contributed by atoms with Crippen LogP contribution < -0.4 is 14.8 Å². The Morgan fingerprint density at radius 3 is 2.52 bits per heavy atom. The first-order chi connectivity index (χ1) is 12.0. The highest BCUT2D eigenvalue weighted by Gasteiger charge is 2.13. The van der Waals surface area contributed by atoms with Crippen LogP contribution in [0.2, 0.25) is 0 Å². The van der Waals surface area contributed by atoms with E-state index in [1.165, 1.54) is 0 Å². The van der Waals surface area contributed by atoms with Crippen molar-refractivity contribution in [1.82, 2.24) is 5.32 Å². The predicted octanol–water partition coefficient (Wildman–Crippen LogP) is 4.96. The number of carbonyl (C=O) groups excluding carboxylic acids is 1. The Morgan fingerprint density at radius 1 is 1.16 bits per heavy atom. The van der Waals surface area contributed by atoms with Crippen LogP contribution >= 0.6 is 15.9 Å². The zero-order chi connectivity index (χ0) is 18.2. The van der Waals surface area contributed by atoms with Crippen LogP contribution in [0.1, 0.15) is 43.1 Å². The first-order valence-corrected chi connectivity index (χ1v) is 9.25. The van der Waals surface area contributed by atoms with Crippen molar-refractivity contribution >= 4 is 21.8 Å². The molecule has 0 heterocycles. The van der Waals surface area contributed by atoms with Gasteiger partial charge in [0.25, 0.3) is 5.91 Å². The molecule has 0 aliphatic carbocycles. The third kappa shape index (κ3) is 6.09. The number of carbonyl (C=O) groups is 1. The van der Waals surface area contributed by atoms with Gasteiger partial charge in [-0.1, -0.05) is 35.0 Å². The quantitative estimate of drug-likeness (QED) is 0.675. The second-order valence-corrected chi connectivity index (χ2v) is 6.90. The van der Waals surface area contributed by atoms with Crippen LogP contribution in [0.5, 0.6) is 11.5 Å². The molecule has 134 valence electrons. The molecule has 2 aromatic rings. The zero-order valence-electron chi connectivity index (χ0n) is 14.8. The van der Waals surface area contributed by atoms with E-state index in [9.17, 15) is 4.79 Å². The van der Waals surface area contributed by atoms with Crippen LogP contribution in [0.3, 0.4) is 0 Å². The Balaban J connectivity index is 2.01. The molecule has 0 atom stereocenters. The summed E-state index contributed by atoms with van der Waals surface area (Å²) < 4.78 is 12.1. The molecule has 0 radical (unpaired) electrons. The molecule has 0 saturated carbocycles. The smallest absolute Gasteiger partial charge is 0.255 e. The van der Waals surface area contributed by atoms with E-state index in [0.717, 1.165) is 22.2 Å². The Hall–Kier alpha value is -2.01. The molecule has 0 aliphatic heterocycles. The second-order valence-electron chi connectivity index (χ2n) is 5.98. The average molecular weight is 406 g/mol. The third-order valence-electron chi connectivity index (χ3n) is 3.40. The molecule has 0 saturated heterocycles. The van der Waals surface area contributed by atoms with Crippen LogP contribution in [-0.2, 0) is 6.54 Å². The van der Waals surface area contributed by atoms with Crippen molar-refractivity contribution in [1.29, 1.82) is 0 Å². The molecule has 0 spiro atoms. The lowest BCUT2D eigenvalue weighted by Crippen LogP contribution is -2.23. The lowest BCUT2D eigenvalue weighted by atomic mass is 10.1. The van der Waals surface area contributed by atoms with E-state index in [1.54, 1.807) is 6.07 Å². The number of benzene rings is 2. The van der Waals surface area contributed by atoms with Gasteiger partial charge in [-0.3, -0.25) is 4.79 Å². The van der Waals surface area contributed by atoms with Gasteiger partial charge >= 0.3 is 0 Å². The summed E-state index contributed by atoms with van der Waals surface area (Å²) in [5.41, 5.74) is 1.54. The summed E-state index contributed by atoms with van der Waals surface area (Å²) in [6.45, 7) is 7.04. The molecule has 0 bridgehead atoms. The summed E-state index contributed by atoms with van der Waals surface area (Å²) >= 11 is 3.41. The Morgan fingerprint density at radius 2 is 1.88 bits per heavy atom. The summed E-state index contributed by atoms with van der Waals surface area (Å²) in [6, 6.07) is 13.2. The molecule has 25 heavy (non-hydrogen) atoms. The minimum absolute atomic E-state index is 0.142. The number of hydrogen-bond donors (Lipinski definition) is 1. The van der Waals surface area contributed by atoms with E-state index in [1.807, 2.05) is 57.2 Å². The van der Waals surface area contributed by atoms with Gasteiger partial charge in [-0.15, -0.1) is 0 Å². The van der Waals surface area contributed by atoms with E-state index in [0.29, 0.717) is 24.5 Å². The predicted molar refractivity (Wildman–Crippen MR) is 103 cm³/mol. The highest BCUT2D eigenvalue weighted by atomic mass is 79.9. The Labute approximate surface area is 157 Å². The molecule has 1 amide bonds. The third-order valence-corrected chi connectivity index (χ3v) is 3.89. The van der Waals surface area contributed by atoms with E-state index < -0.39 is 0 Å². The van der Waals surface area contributed by atoms with Crippen molar-refractivity contribution in [2.24, 2.45) is 0 Å². The van der Waals surface area contributed by atoms with Crippen LogP contribution in [0.25, 0.3) is 0 Å². The van der Waals surface area contributed by atoms with Crippen molar-refractivity contribution < 1.29 is 14.3 Å². The van der Waals surface area contributed by atoms with Crippen molar-refractivity contribution in [3.05, 3.63) is 58.1 Å². The van der Waals surface area contributed by atoms with Gasteiger partial charge in [-0.25, -0.2) is 0 Å². The lowest BCUT2D eigenvalue weighted by Gasteiger charge is -2.13. The second kappa shape index (κ2) is 9.47. The molecule has 0 aromatic heterocycles. The molecule has 0 aliphatic rings. The number of nitrogens with one attached hydrogen (secondary N) is 1. The number of ether oxygens (including phenoxy) is 2. The molecular weight excluding hydrogens is 382 g/mol. The van der Waals surface area contributed by atoms with Crippen LogP contribution in [0.15, 0.2) is 46.9 Å². The van der Waals surface area contributed by atoms with E-state index in [-0.39, 0.29) is 12.0 Å². The van der Waals surface area contributed by atoms with Crippen LogP contribution in [0, 0.1) is 0 Å². The number of halogens is 1. The van der Waals surface area contributed by atoms with Gasteiger partial charge in [-0.2, -0.15) is 0 Å². The van der Waals surface area contributed by atoms with Gasteiger partial charge in [-0.05, 0) is 56.2 Å². The highest BCUT2D eigenvalue weighted by molar-refractivity contribution is 9.10. The molecule has 5 heteroatoms. The standard InChI is InChI=1S/C20H24BrNO3/c1-4-11-24-19-10-7-16(21)12-18(19)20(23)22-13-15-5-8-17(9-6-15)25-14(2)3/h5-10,12,14H,4,11,13H2,1-3H3,(H,22,23). The largest absolute Gasteiger partial charge is 0.493 e. The summed E-state index contributed by atoms with van der Waals surface area (Å²) in [4.78, 5) is 12.5. The zero-order valence-corrected chi connectivity index (χ0v) is 16.4. The molecule has 0 fully saturated rings. The maximum Gasteiger partial charge on any atom is 0.255 e. The Bertz CT molecular complexity index is 699. The first kappa shape index (κ1) is 19.3. The summed E-state index contributed by atoms with van der Waals surface area (Å²) in [5, 5.41) is 2.94. The molecule has 2 rings (SSSR count). The summed E-state index contributed by atoms with van der Waals surface area (Å²) in [5.74, 6) is 1.27. The number of amides is 1. The topological polar surface area (TPSA) is 47.6 Å². The Kier molecular flexibility index (Phi) is 7.31. The van der Waals surface area contributed by atoms with E-state index in [4.69, 9.17) is 9.47 Å².